The molecule has 1 aromatic heterocycles. The van der Waals surface area contributed by atoms with Crippen molar-refractivity contribution >= 4 is 19.4 Å². The Morgan fingerprint density at radius 2 is 2.24 bits per heavy atom. The molecule has 0 fully saturated rings. The lowest BCUT2D eigenvalue weighted by Crippen LogP contribution is -1.94. The highest BCUT2D eigenvalue weighted by atomic mass is 35.5. The molecule has 5 heteroatoms. The molecule has 0 bridgehead atoms. The Hall–Kier alpha value is -1.42. The van der Waals surface area contributed by atoms with Crippen molar-refractivity contribution in [1.29, 1.82) is 0 Å². The SMILES string of the molecule is [B]Cc1cc(-c2cc(Cl)ccc2OCC)no1. The van der Waals surface area contributed by atoms with E-state index in [-0.39, 0.29) is 0 Å². The zero-order valence-corrected chi connectivity index (χ0v) is 10.2. The van der Waals surface area contributed by atoms with Crippen molar-refractivity contribution in [3.05, 3.63) is 35.0 Å². The van der Waals surface area contributed by atoms with E-state index in [2.05, 4.69) is 5.16 Å². The van der Waals surface area contributed by atoms with Gasteiger partial charge in [-0.05, 0) is 31.4 Å². The molecule has 17 heavy (non-hydrogen) atoms. The molecule has 0 N–H and O–H groups in total. The van der Waals surface area contributed by atoms with Gasteiger partial charge in [0, 0.05) is 16.7 Å². The van der Waals surface area contributed by atoms with Crippen LogP contribution in [0.5, 0.6) is 5.75 Å². The predicted molar refractivity (Wildman–Crippen MR) is 67.6 cm³/mol. The first kappa shape index (κ1) is 12.1. The standard InChI is InChI=1S/C12H11BClNO2/c1-2-16-12-4-3-8(14)5-10(12)11-6-9(7-13)17-15-11/h3-6H,2,7H2,1H3. The number of ether oxygens (including phenoxy) is 1. The molecule has 0 amide bonds. The summed E-state index contributed by atoms with van der Waals surface area (Å²) in [7, 11) is 5.48. The second kappa shape index (κ2) is 5.28. The van der Waals surface area contributed by atoms with E-state index in [1.165, 1.54) is 0 Å². The molecular formula is C12H11BClNO2. The number of hydrogen-bond donors (Lipinski definition) is 0. The van der Waals surface area contributed by atoms with E-state index < -0.39 is 0 Å². The molecule has 0 unspecified atom stereocenters. The van der Waals surface area contributed by atoms with Crippen molar-refractivity contribution in [3.8, 4) is 17.0 Å². The van der Waals surface area contributed by atoms with Gasteiger partial charge in [-0.25, -0.2) is 0 Å². The summed E-state index contributed by atoms with van der Waals surface area (Å²) in [6.45, 7) is 2.50. The first-order valence-electron chi connectivity index (χ1n) is 5.33. The Kier molecular flexibility index (Phi) is 3.74. The Morgan fingerprint density at radius 3 is 2.88 bits per heavy atom. The maximum absolute atomic E-state index is 5.97. The van der Waals surface area contributed by atoms with Crippen molar-refractivity contribution < 1.29 is 9.26 Å². The van der Waals surface area contributed by atoms with Gasteiger partial charge in [0.1, 0.15) is 17.2 Å². The van der Waals surface area contributed by atoms with Crippen LogP contribution in [0.15, 0.2) is 28.8 Å². The lowest BCUT2D eigenvalue weighted by molar-refractivity contribution is 0.341. The molecule has 2 aromatic rings. The van der Waals surface area contributed by atoms with Crippen LogP contribution >= 0.6 is 11.6 Å². The summed E-state index contributed by atoms with van der Waals surface area (Å²) in [6.07, 6.45) is 0.317. The highest BCUT2D eigenvalue weighted by Crippen LogP contribution is 2.32. The lowest BCUT2D eigenvalue weighted by atomic mass is 10.0. The molecule has 0 saturated heterocycles. The van der Waals surface area contributed by atoms with Gasteiger partial charge in [-0.1, -0.05) is 16.8 Å². The molecule has 0 aliphatic heterocycles. The van der Waals surface area contributed by atoms with Crippen LogP contribution in [0.4, 0.5) is 0 Å². The van der Waals surface area contributed by atoms with E-state index in [1.807, 2.05) is 13.0 Å². The van der Waals surface area contributed by atoms with Crippen molar-refractivity contribution in [2.24, 2.45) is 0 Å². The van der Waals surface area contributed by atoms with Crippen molar-refractivity contribution in [2.75, 3.05) is 6.61 Å². The number of benzene rings is 1. The average Bonchev–Trinajstić information content (AvgIpc) is 2.80. The van der Waals surface area contributed by atoms with Gasteiger partial charge in [-0.2, -0.15) is 0 Å². The quantitative estimate of drug-likeness (QED) is 0.779. The molecule has 1 heterocycles. The summed E-state index contributed by atoms with van der Waals surface area (Å²) in [5.41, 5.74) is 1.49. The third-order valence-electron chi connectivity index (χ3n) is 2.28. The van der Waals surface area contributed by atoms with Gasteiger partial charge >= 0.3 is 0 Å². The molecule has 2 radical (unpaired) electrons. The van der Waals surface area contributed by atoms with Gasteiger partial charge < -0.3 is 9.26 Å². The second-order valence-electron chi connectivity index (χ2n) is 3.46. The minimum Gasteiger partial charge on any atom is -0.493 e. The Balaban J connectivity index is 2.44. The number of nitrogens with zero attached hydrogens (tertiary/aromatic N) is 1. The molecular weight excluding hydrogens is 236 g/mol. The second-order valence-corrected chi connectivity index (χ2v) is 3.89. The van der Waals surface area contributed by atoms with Crippen LogP contribution in [0.1, 0.15) is 12.7 Å². The summed E-state index contributed by atoms with van der Waals surface area (Å²) in [4.78, 5) is 0. The maximum Gasteiger partial charge on any atom is 0.128 e. The van der Waals surface area contributed by atoms with Crippen molar-refractivity contribution in [2.45, 2.75) is 13.2 Å². The third-order valence-corrected chi connectivity index (χ3v) is 2.51. The normalized spacial score (nSPS) is 10.5. The van der Waals surface area contributed by atoms with E-state index in [4.69, 9.17) is 28.7 Å². The van der Waals surface area contributed by atoms with E-state index in [0.717, 1.165) is 11.3 Å². The van der Waals surface area contributed by atoms with E-state index in [1.54, 1.807) is 18.2 Å². The van der Waals surface area contributed by atoms with Crippen LogP contribution in [0, 0.1) is 0 Å². The Morgan fingerprint density at radius 1 is 1.41 bits per heavy atom. The predicted octanol–water partition coefficient (Wildman–Crippen LogP) is 3.06. The molecule has 0 aliphatic rings. The average molecular weight is 247 g/mol. The first-order valence-corrected chi connectivity index (χ1v) is 5.70. The molecule has 0 saturated carbocycles. The fraction of sp³-hybridized carbons (Fsp3) is 0.250. The zero-order valence-electron chi connectivity index (χ0n) is 9.44. The molecule has 1 aromatic carbocycles. The van der Waals surface area contributed by atoms with Crippen LogP contribution in [0.3, 0.4) is 0 Å². The van der Waals surface area contributed by atoms with Gasteiger partial charge in [0.25, 0.3) is 0 Å². The molecule has 0 spiro atoms. The van der Waals surface area contributed by atoms with Gasteiger partial charge in [0.05, 0.1) is 14.5 Å². The minimum atomic E-state index is 0.317. The van der Waals surface area contributed by atoms with E-state index in [0.29, 0.717) is 29.4 Å². The summed E-state index contributed by atoms with van der Waals surface area (Å²) >= 11 is 5.97. The van der Waals surface area contributed by atoms with Gasteiger partial charge in [-0.3, -0.25) is 0 Å². The summed E-state index contributed by atoms with van der Waals surface area (Å²) in [5.74, 6) is 1.36. The van der Waals surface area contributed by atoms with Gasteiger partial charge in [0.15, 0.2) is 0 Å². The van der Waals surface area contributed by atoms with Crippen LogP contribution in [0.25, 0.3) is 11.3 Å². The molecule has 0 aliphatic carbocycles. The van der Waals surface area contributed by atoms with Crippen LogP contribution in [-0.2, 0) is 6.32 Å². The summed E-state index contributed by atoms with van der Waals surface area (Å²) < 4.78 is 10.6. The van der Waals surface area contributed by atoms with Gasteiger partial charge in [-0.15, -0.1) is 0 Å². The fourth-order valence-electron chi connectivity index (χ4n) is 1.52. The largest absolute Gasteiger partial charge is 0.493 e. The fourth-order valence-corrected chi connectivity index (χ4v) is 1.69. The molecule has 3 nitrogen and oxygen atoms in total. The zero-order chi connectivity index (χ0) is 12.3. The summed E-state index contributed by atoms with van der Waals surface area (Å²) in [5, 5.41) is 4.57. The van der Waals surface area contributed by atoms with E-state index in [9.17, 15) is 0 Å². The maximum atomic E-state index is 5.97. The van der Waals surface area contributed by atoms with Crippen LogP contribution in [0.2, 0.25) is 5.02 Å². The number of hydrogen-bond acceptors (Lipinski definition) is 3. The number of rotatable bonds is 4. The first-order chi connectivity index (χ1) is 8.24. The van der Waals surface area contributed by atoms with Gasteiger partial charge in [0.2, 0.25) is 0 Å². The molecule has 0 atom stereocenters. The monoisotopic (exact) mass is 247 g/mol. The number of halogens is 1. The topological polar surface area (TPSA) is 35.3 Å². The highest BCUT2D eigenvalue weighted by Gasteiger charge is 2.11. The number of aromatic nitrogens is 1. The highest BCUT2D eigenvalue weighted by molar-refractivity contribution is 6.30. The van der Waals surface area contributed by atoms with E-state index >= 15 is 0 Å². The molecule has 86 valence electrons. The Labute approximate surface area is 106 Å². The lowest BCUT2D eigenvalue weighted by Gasteiger charge is -2.07. The smallest absolute Gasteiger partial charge is 0.128 e. The van der Waals surface area contributed by atoms with Crippen LogP contribution < -0.4 is 4.74 Å². The summed E-state index contributed by atoms with van der Waals surface area (Å²) in [6, 6.07) is 7.18. The van der Waals surface area contributed by atoms with Crippen molar-refractivity contribution in [3.63, 3.8) is 0 Å². The van der Waals surface area contributed by atoms with Crippen LogP contribution in [-0.4, -0.2) is 19.6 Å². The third kappa shape index (κ3) is 2.64. The minimum absolute atomic E-state index is 0.317. The molecule has 2 rings (SSSR count). The van der Waals surface area contributed by atoms with Crippen molar-refractivity contribution in [1.82, 2.24) is 5.16 Å². The Bertz CT molecular complexity index is 513.